The van der Waals surface area contributed by atoms with Crippen LogP contribution in [-0.2, 0) is 18.4 Å². The van der Waals surface area contributed by atoms with Gasteiger partial charge in [0.15, 0.2) is 0 Å². The zero-order valence-corrected chi connectivity index (χ0v) is 20.9. The fourth-order valence-electron chi connectivity index (χ4n) is 3.86. The molecule has 0 N–H and O–H groups in total. The number of hydrogen-bond acceptors (Lipinski definition) is 4. The van der Waals surface area contributed by atoms with E-state index in [2.05, 4.69) is 59.6 Å². The van der Waals surface area contributed by atoms with Crippen LogP contribution in [0.15, 0.2) is 24.3 Å². The fraction of sp³-hybridized carbons (Fsp3) is 0.762. The van der Waals surface area contributed by atoms with Crippen LogP contribution in [-0.4, -0.2) is 24.1 Å². The highest BCUT2D eigenvalue weighted by Crippen LogP contribution is 2.41. The number of ketones is 1. The second-order valence-corrected chi connectivity index (χ2v) is 8.50. The summed E-state index contributed by atoms with van der Waals surface area (Å²) in [6, 6.07) is 0. The molecule has 1 aliphatic rings. The molecule has 0 saturated heterocycles. The first-order valence-electron chi connectivity index (χ1n) is 10.5. The Morgan fingerprint density at radius 2 is 1.86 bits per heavy atom. The van der Waals surface area contributed by atoms with Crippen molar-refractivity contribution in [3.8, 4) is 0 Å². The minimum Gasteiger partial charge on any atom is -0.362 e. The first-order valence-corrected chi connectivity index (χ1v) is 11.9. The molecule has 1 aliphatic carbocycles. The molecule has 0 spiro atoms. The Kier molecular flexibility index (Phi) is 15.1. The molecule has 1 saturated carbocycles. The lowest BCUT2D eigenvalue weighted by Crippen LogP contribution is -2.21. The molecule has 1 rings (SSSR count). The van der Waals surface area contributed by atoms with Gasteiger partial charge in [0.1, 0.15) is 5.78 Å². The smallest absolute Gasteiger partial charge is 0.129 e. The summed E-state index contributed by atoms with van der Waals surface area (Å²) in [5.74, 6) is 0.916. The molecule has 8 unspecified atom stereocenters. The Morgan fingerprint density at radius 1 is 1.11 bits per heavy atom. The Hall–Kier alpha value is 0.320. The van der Waals surface area contributed by atoms with Crippen LogP contribution in [0.3, 0.4) is 0 Å². The molecule has 7 heteroatoms. The highest BCUT2D eigenvalue weighted by molar-refractivity contribution is 7.10. The van der Waals surface area contributed by atoms with Gasteiger partial charge in [0.05, 0.1) is 18.3 Å². The summed E-state index contributed by atoms with van der Waals surface area (Å²) in [6.07, 6.45) is 18.3. The summed E-state index contributed by atoms with van der Waals surface area (Å²) in [4.78, 5) is 11.0. The summed E-state index contributed by atoms with van der Waals surface area (Å²) in [5.41, 5.74) is 0. The highest BCUT2D eigenvalue weighted by Gasteiger charge is 2.41. The highest BCUT2D eigenvalue weighted by atomic mass is 31.0. The monoisotopic (exact) mass is 448 g/mol. The maximum atomic E-state index is 11.0. The zero-order valence-electron chi connectivity index (χ0n) is 17.4. The average molecular weight is 448 g/mol. The number of carbonyl (C=O) groups is 1. The molecular weight excluding hydrogens is 409 g/mol. The molecule has 0 amide bonds. The minimum absolute atomic E-state index is 0.125. The standard InChI is InChI=1S/C21H39O4P3/c1-3-4-7-11-17(23-26)13-14-19-18(20(24-27)15-21(19)25-28)12-9-6-5-8-10-16(2)22/h6,9,13-14,17-21H,3-5,7-8,10-12,15,26-28H2,1-2H3/b9-6+,14-13+. The lowest BCUT2D eigenvalue weighted by molar-refractivity contribution is -0.117. The summed E-state index contributed by atoms with van der Waals surface area (Å²) < 4.78 is 16.9. The van der Waals surface area contributed by atoms with E-state index in [0.717, 1.165) is 32.1 Å². The summed E-state index contributed by atoms with van der Waals surface area (Å²) in [6.45, 7) is 3.86. The number of carbonyl (C=O) groups excluding carboxylic acids is 1. The third-order valence-corrected chi connectivity index (χ3v) is 6.55. The van der Waals surface area contributed by atoms with E-state index >= 15 is 0 Å². The van der Waals surface area contributed by atoms with E-state index < -0.39 is 0 Å². The van der Waals surface area contributed by atoms with Gasteiger partial charge in [0.2, 0.25) is 0 Å². The van der Waals surface area contributed by atoms with Gasteiger partial charge in [0.25, 0.3) is 0 Å². The van der Waals surface area contributed by atoms with Crippen molar-refractivity contribution in [2.75, 3.05) is 0 Å². The number of hydrogen-bond donors (Lipinski definition) is 0. The van der Waals surface area contributed by atoms with Crippen molar-refractivity contribution in [1.82, 2.24) is 0 Å². The van der Waals surface area contributed by atoms with Crippen LogP contribution >= 0.6 is 28.4 Å². The molecule has 0 aromatic rings. The summed E-state index contributed by atoms with van der Waals surface area (Å²) >= 11 is 0. The lowest BCUT2D eigenvalue weighted by Gasteiger charge is -2.22. The van der Waals surface area contributed by atoms with Crippen LogP contribution in [0.2, 0.25) is 0 Å². The van der Waals surface area contributed by atoms with E-state index in [1.165, 1.54) is 19.3 Å². The second kappa shape index (κ2) is 16.1. The van der Waals surface area contributed by atoms with Crippen LogP contribution in [0.5, 0.6) is 0 Å². The Labute approximate surface area is 178 Å². The van der Waals surface area contributed by atoms with E-state index in [1.54, 1.807) is 6.92 Å². The molecular formula is C21H39O4P3. The van der Waals surface area contributed by atoms with Crippen molar-refractivity contribution in [1.29, 1.82) is 0 Å². The molecule has 28 heavy (non-hydrogen) atoms. The third kappa shape index (κ3) is 9.88. The van der Waals surface area contributed by atoms with E-state index in [4.69, 9.17) is 13.6 Å². The van der Waals surface area contributed by atoms with Crippen LogP contribution in [0.4, 0.5) is 0 Å². The van der Waals surface area contributed by atoms with Crippen molar-refractivity contribution < 1.29 is 18.4 Å². The van der Waals surface area contributed by atoms with Crippen LogP contribution in [0, 0.1) is 11.8 Å². The predicted octanol–water partition coefficient (Wildman–Crippen LogP) is 5.99. The van der Waals surface area contributed by atoms with E-state index in [9.17, 15) is 4.79 Å². The first-order chi connectivity index (χ1) is 13.6. The molecule has 0 aliphatic heterocycles. The van der Waals surface area contributed by atoms with E-state index in [-0.39, 0.29) is 24.1 Å². The van der Waals surface area contributed by atoms with Crippen LogP contribution in [0.25, 0.3) is 0 Å². The normalized spacial score (nSPS) is 26.5. The van der Waals surface area contributed by atoms with Gasteiger partial charge < -0.3 is 18.4 Å². The molecule has 0 aromatic carbocycles. The Balaban J connectivity index is 2.69. The molecule has 4 nitrogen and oxygen atoms in total. The zero-order chi connectivity index (χ0) is 20.8. The molecule has 162 valence electrons. The number of allylic oxidation sites excluding steroid dienone is 2. The number of unbranched alkanes of at least 4 members (excludes halogenated alkanes) is 3. The largest absolute Gasteiger partial charge is 0.362 e. The average Bonchev–Trinajstić information content (AvgIpc) is 3.03. The van der Waals surface area contributed by atoms with Crippen molar-refractivity contribution in [2.45, 2.75) is 89.9 Å². The van der Waals surface area contributed by atoms with Crippen LogP contribution in [0.1, 0.15) is 71.6 Å². The predicted molar refractivity (Wildman–Crippen MR) is 127 cm³/mol. The molecule has 0 bridgehead atoms. The molecule has 1 fully saturated rings. The SMILES string of the molecule is CCCCCC(/C=C/C1C(OP)CC(OP)C1C/C=C/CCCC(C)=O)OP. The van der Waals surface area contributed by atoms with Gasteiger partial charge in [-0.15, -0.1) is 0 Å². The Morgan fingerprint density at radius 3 is 2.46 bits per heavy atom. The topological polar surface area (TPSA) is 44.8 Å². The second-order valence-electron chi connectivity index (χ2n) is 7.68. The van der Waals surface area contributed by atoms with Gasteiger partial charge in [-0.25, -0.2) is 0 Å². The van der Waals surface area contributed by atoms with E-state index in [1.807, 2.05) is 0 Å². The van der Waals surface area contributed by atoms with Gasteiger partial charge in [0, 0.05) is 47.2 Å². The number of rotatable bonds is 15. The molecule has 0 heterocycles. The van der Waals surface area contributed by atoms with Gasteiger partial charge in [-0.05, 0) is 38.5 Å². The van der Waals surface area contributed by atoms with Crippen molar-refractivity contribution in [3.05, 3.63) is 24.3 Å². The molecule has 8 atom stereocenters. The molecule has 0 radical (unpaired) electrons. The summed E-state index contributed by atoms with van der Waals surface area (Å²) in [5, 5.41) is 0. The van der Waals surface area contributed by atoms with Gasteiger partial charge >= 0.3 is 0 Å². The van der Waals surface area contributed by atoms with Crippen molar-refractivity contribution >= 4 is 34.2 Å². The third-order valence-electron chi connectivity index (χ3n) is 5.50. The first kappa shape index (κ1) is 26.4. The summed E-state index contributed by atoms with van der Waals surface area (Å²) in [7, 11) is 7.25. The Bertz CT molecular complexity index is 484. The molecule has 0 aromatic heterocycles. The minimum atomic E-state index is 0.125. The van der Waals surface area contributed by atoms with Gasteiger partial charge in [-0.3, -0.25) is 0 Å². The van der Waals surface area contributed by atoms with Crippen molar-refractivity contribution in [3.63, 3.8) is 0 Å². The number of Topliss-reactive ketones (excluding diaryl/α,β-unsaturated/α-hetero) is 1. The quantitative estimate of drug-likeness (QED) is 0.175. The van der Waals surface area contributed by atoms with Crippen molar-refractivity contribution in [2.24, 2.45) is 11.8 Å². The van der Waals surface area contributed by atoms with E-state index in [0.29, 0.717) is 18.3 Å². The van der Waals surface area contributed by atoms with Gasteiger partial charge in [-0.1, -0.05) is 50.5 Å². The fourth-order valence-corrected chi connectivity index (χ4v) is 4.69. The lowest BCUT2D eigenvalue weighted by atomic mass is 9.89. The van der Waals surface area contributed by atoms with Gasteiger partial charge in [-0.2, -0.15) is 0 Å². The van der Waals surface area contributed by atoms with Crippen LogP contribution < -0.4 is 0 Å². The maximum Gasteiger partial charge on any atom is 0.129 e. The maximum absolute atomic E-state index is 11.0.